The Morgan fingerprint density at radius 1 is 0.429 bits per heavy atom. The lowest BCUT2D eigenvalue weighted by molar-refractivity contribution is 0.410. The molecule has 146 valence electrons. The maximum Gasteiger partial charge on any atom is 0.349 e. The number of benzene rings is 3. The first-order valence-electron chi connectivity index (χ1n) is 9.80. The zero-order chi connectivity index (χ0) is 20.3. The van der Waals surface area contributed by atoms with Gasteiger partial charge >= 0.3 is 8.56 Å². The molecule has 0 N–H and O–H groups in total. The summed E-state index contributed by atoms with van der Waals surface area (Å²) in [5.41, 5.74) is 0. The van der Waals surface area contributed by atoms with Gasteiger partial charge in [-0.1, -0.05) is 91.0 Å². The van der Waals surface area contributed by atoms with Gasteiger partial charge in [0.15, 0.2) is 0 Å². The van der Waals surface area contributed by atoms with E-state index in [4.69, 9.17) is 8.23 Å². The molecule has 3 aromatic carbocycles. The SMILES string of the molecule is C[Si](C)(O[Si](C)(O[Si](C)(C)c1ccccc1)c1ccccc1)c1ccccc1. The minimum atomic E-state index is -2.64. The Labute approximate surface area is 172 Å². The van der Waals surface area contributed by atoms with Crippen LogP contribution < -0.4 is 15.6 Å². The first kappa shape index (κ1) is 21.0. The highest BCUT2D eigenvalue weighted by molar-refractivity contribution is 7.00. The Hall–Kier alpha value is -1.77. The Morgan fingerprint density at radius 2 is 0.714 bits per heavy atom. The smallest absolute Gasteiger partial charge is 0.349 e. The zero-order valence-electron chi connectivity index (χ0n) is 17.5. The molecule has 0 aromatic heterocycles. The van der Waals surface area contributed by atoms with Gasteiger partial charge in [-0.2, -0.15) is 0 Å². The topological polar surface area (TPSA) is 18.5 Å². The fraction of sp³-hybridized carbons (Fsp3) is 0.217. The van der Waals surface area contributed by atoms with Crippen LogP contribution in [0.2, 0.25) is 32.7 Å². The van der Waals surface area contributed by atoms with Crippen LogP contribution >= 0.6 is 0 Å². The highest BCUT2D eigenvalue weighted by Gasteiger charge is 2.45. The number of hydrogen-bond acceptors (Lipinski definition) is 2. The molecule has 28 heavy (non-hydrogen) atoms. The molecule has 0 spiro atoms. The molecule has 0 heterocycles. The van der Waals surface area contributed by atoms with Gasteiger partial charge < -0.3 is 8.23 Å². The normalized spacial score (nSPS) is 12.8. The number of rotatable bonds is 7. The van der Waals surface area contributed by atoms with E-state index in [0.29, 0.717) is 0 Å². The molecule has 0 saturated carbocycles. The van der Waals surface area contributed by atoms with E-state index in [1.54, 1.807) is 0 Å². The van der Waals surface area contributed by atoms with Crippen LogP contribution in [0.25, 0.3) is 0 Å². The molecule has 0 aliphatic carbocycles. The van der Waals surface area contributed by atoms with Gasteiger partial charge in [-0.15, -0.1) is 0 Å². The molecule has 2 nitrogen and oxygen atoms in total. The predicted molar refractivity (Wildman–Crippen MR) is 127 cm³/mol. The summed E-state index contributed by atoms with van der Waals surface area (Å²) in [5, 5.41) is 3.79. The largest absolute Gasteiger partial charge is 0.429 e. The first-order valence-corrected chi connectivity index (χ1v) is 17.9. The zero-order valence-corrected chi connectivity index (χ0v) is 20.5. The monoisotopic (exact) mass is 422 g/mol. The third-order valence-electron chi connectivity index (χ3n) is 5.14. The second kappa shape index (κ2) is 8.31. The maximum atomic E-state index is 7.05. The summed E-state index contributed by atoms with van der Waals surface area (Å²) in [5.74, 6) is 0. The summed E-state index contributed by atoms with van der Waals surface area (Å²) >= 11 is 0. The molecule has 0 aliphatic rings. The van der Waals surface area contributed by atoms with E-state index in [-0.39, 0.29) is 0 Å². The van der Waals surface area contributed by atoms with E-state index < -0.39 is 25.2 Å². The molecule has 0 fully saturated rings. The van der Waals surface area contributed by atoms with Gasteiger partial charge in [0.05, 0.1) is 0 Å². The van der Waals surface area contributed by atoms with Gasteiger partial charge in [-0.05, 0) is 48.3 Å². The van der Waals surface area contributed by atoms with Crippen LogP contribution in [0.15, 0.2) is 91.0 Å². The molecule has 0 unspecified atom stereocenters. The lowest BCUT2D eigenvalue weighted by atomic mass is 10.4. The molecule has 0 aliphatic heterocycles. The molecule has 3 aromatic rings. The molecule has 3 rings (SSSR count). The fourth-order valence-electron chi connectivity index (χ4n) is 3.65. The second-order valence-electron chi connectivity index (χ2n) is 8.27. The van der Waals surface area contributed by atoms with E-state index >= 15 is 0 Å². The third kappa shape index (κ3) is 4.79. The second-order valence-corrected chi connectivity index (χ2v) is 19.6. The number of hydrogen-bond donors (Lipinski definition) is 0. The van der Waals surface area contributed by atoms with Crippen molar-refractivity contribution in [1.82, 2.24) is 0 Å². The van der Waals surface area contributed by atoms with E-state index in [9.17, 15) is 0 Å². The van der Waals surface area contributed by atoms with Gasteiger partial charge in [0.2, 0.25) is 16.6 Å². The molecule has 0 amide bonds. The maximum absolute atomic E-state index is 7.05. The third-order valence-corrected chi connectivity index (χ3v) is 17.2. The Balaban J connectivity index is 1.99. The standard InChI is InChI=1S/C23H30O2Si3/c1-26(2,21-15-9-6-10-16-21)24-28(5,23-19-13-8-14-20-23)25-27(3,4)22-17-11-7-12-18-22/h6-20H,1-5H3. The van der Waals surface area contributed by atoms with Gasteiger partial charge in [0.25, 0.3) is 0 Å². The summed E-state index contributed by atoms with van der Waals surface area (Å²) in [6, 6.07) is 31.8. The average molecular weight is 423 g/mol. The summed E-state index contributed by atoms with van der Waals surface area (Å²) in [4.78, 5) is 0. The predicted octanol–water partition coefficient (Wildman–Crippen LogP) is 4.22. The Morgan fingerprint density at radius 3 is 1.04 bits per heavy atom. The lowest BCUT2D eigenvalue weighted by Gasteiger charge is -2.41. The van der Waals surface area contributed by atoms with Gasteiger partial charge in [-0.25, -0.2) is 0 Å². The van der Waals surface area contributed by atoms with Crippen LogP contribution in [-0.2, 0) is 8.23 Å². The van der Waals surface area contributed by atoms with Crippen molar-refractivity contribution in [2.24, 2.45) is 0 Å². The van der Waals surface area contributed by atoms with Crippen LogP contribution in [0.4, 0.5) is 0 Å². The fourth-order valence-corrected chi connectivity index (χ4v) is 16.7. The van der Waals surface area contributed by atoms with Crippen LogP contribution in [0.3, 0.4) is 0 Å². The molecule has 5 heteroatoms. The molecular weight excluding hydrogens is 393 g/mol. The van der Waals surface area contributed by atoms with Gasteiger partial charge in [0.1, 0.15) is 0 Å². The summed E-state index contributed by atoms with van der Waals surface area (Å²) < 4.78 is 14.1. The van der Waals surface area contributed by atoms with Crippen molar-refractivity contribution in [1.29, 1.82) is 0 Å². The van der Waals surface area contributed by atoms with Crippen molar-refractivity contribution >= 4 is 40.8 Å². The minimum absolute atomic E-state index is 1.20. The highest BCUT2D eigenvalue weighted by Crippen LogP contribution is 2.21. The van der Waals surface area contributed by atoms with Gasteiger partial charge in [0, 0.05) is 0 Å². The minimum Gasteiger partial charge on any atom is -0.429 e. The first-order chi connectivity index (χ1) is 13.2. The van der Waals surface area contributed by atoms with Crippen LogP contribution in [0, 0.1) is 0 Å². The van der Waals surface area contributed by atoms with E-state index in [0.717, 1.165) is 0 Å². The van der Waals surface area contributed by atoms with Crippen molar-refractivity contribution in [3.63, 3.8) is 0 Å². The van der Waals surface area contributed by atoms with E-state index in [1.165, 1.54) is 15.6 Å². The average Bonchev–Trinajstić information content (AvgIpc) is 2.69. The quantitative estimate of drug-likeness (QED) is 0.531. The summed E-state index contributed by atoms with van der Waals surface area (Å²) in [6.07, 6.45) is 0. The van der Waals surface area contributed by atoms with Crippen molar-refractivity contribution in [3.8, 4) is 0 Å². The lowest BCUT2D eigenvalue weighted by Crippen LogP contribution is -2.66. The van der Waals surface area contributed by atoms with Crippen LogP contribution in [0.5, 0.6) is 0 Å². The van der Waals surface area contributed by atoms with Gasteiger partial charge in [-0.3, -0.25) is 0 Å². The van der Waals surface area contributed by atoms with Crippen LogP contribution in [-0.4, -0.2) is 25.2 Å². The van der Waals surface area contributed by atoms with E-state index in [2.05, 4.69) is 124 Å². The molecule has 0 bridgehead atoms. The molecular formula is C23H30O2Si3. The van der Waals surface area contributed by atoms with E-state index in [1.807, 2.05) is 0 Å². The highest BCUT2D eigenvalue weighted by atomic mass is 28.5. The van der Waals surface area contributed by atoms with Crippen molar-refractivity contribution in [2.45, 2.75) is 32.7 Å². The van der Waals surface area contributed by atoms with Crippen molar-refractivity contribution in [3.05, 3.63) is 91.0 Å². The summed E-state index contributed by atoms with van der Waals surface area (Å²) in [6.45, 7) is 11.3. The van der Waals surface area contributed by atoms with Crippen molar-refractivity contribution in [2.75, 3.05) is 0 Å². The Bertz CT molecular complexity index is 828. The molecule has 0 radical (unpaired) electrons. The molecule has 0 atom stereocenters. The van der Waals surface area contributed by atoms with Crippen LogP contribution in [0.1, 0.15) is 0 Å². The summed E-state index contributed by atoms with van der Waals surface area (Å²) in [7, 11) is -6.92. The van der Waals surface area contributed by atoms with Crippen molar-refractivity contribution < 1.29 is 8.23 Å². The molecule has 0 saturated heterocycles. The Kier molecular flexibility index (Phi) is 6.22.